The Labute approximate surface area is 386 Å². The number of hydrogen-bond acceptors (Lipinski definition) is 3. The van der Waals surface area contributed by atoms with Crippen LogP contribution in [0.3, 0.4) is 0 Å². The molecule has 2 N–H and O–H groups in total. The van der Waals surface area contributed by atoms with Crippen LogP contribution in [0.25, 0.3) is 49.4 Å². The van der Waals surface area contributed by atoms with E-state index in [-0.39, 0.29) is 18.1 Å². The average Bonchev–Trinajstić information content (AvgIpc) is 3.66. The van der Waals surface area contributed by atoms with E-state index in [0.29, 0.717) is 0 Å². The predicted molar refractivity (Wildman–Crippen MR) is 277 cm³/mol. The van der Waals surface area contributed by atoms with Crippen molar-refractivity contribution in [2.45, 2.75) is 30.5 Å². The number of rotatable bonds is 6. The largest absolute Gasteiger partial charge is 0.374 e. The second kappa shape index (κ2) is 15.3. The molecule has 0 aromatic heterocycles. The van der Waals surface area contributed by atoms with Crippen LogP contribution in [0.4, 0.5) is 22.7 Å². The van der Waals surface area contributed by atoms with Crippen LogP contribution in [-0.2, 0) is 5.41 Å². The van der Waals surface area contributed by atoms with Crippen molar-refractivity contribution in [3.05, 3.63) is 270 Å². The Morgan fingerprint density at radius 2 is 1.00 bits per heavy atom. The Hall–Kier alpha value is -8.14. The first-order valence-corrected chi connectivity index (χ1v) is 23.2. The third kappa shape index (κ3) is 5.97. The summed E-state index contributed by atoms with van der Waals surface area (Å²) in [5.74, 6) is 0. The highest BCUT2D eigenvalue weighted by Gasteiger charge is 2.53. The van der Waals surface area contributed by atoms with Crippen LogP contribution in [0.15, 0.2) is 237 Å². The summed E-state index contributed by atoms with van der Waals surface area (Å²) in [6, 6.07) is 84.8. The normalized spacial score (nSPS) is 19.2. The first kappa shape index (κ1) is 38.3. The fourth-order valence-electron chi connectivity index (χ4n) is 11.6. The molecular formula is C63H47N3. The number of benzene rings is 10. The van der Waals surface area contributed by atoms with E-state index in [1.165, 1.54) is 94.1 Å². The molecule has 10 aromatic rings. The second-order valence-corrected chi connectivity index (χ2v) is 18.3. The van der Waals surface area contributed by atoms with Gasteiger partial charge in [0.15, 0.2) is 0 Å². The average molecular weight is 846 g/mol. The highest BCUT2D eigenvalue weighted by molar-refractivity contribution is 6.07. The maximum Gasteiger partial charge on any atom is 0.0764 e. The molecule has 0 fully saturated rings. The molecule has 10 aromatic carbocycles. The van der Waals surface area contributed by atoms with E-state index in [4.69, 9.17) is 0 Å². The number of nitrogens with zero attached hydrogens (tertiary/aromatic N) is 1. The zero-order valence-electron chi connectivity index (χ0n) is 36.7. The molecule has 0 saturated heterocycles. The maximum atomic E-state index is 4.10. The summed E-state index contributed by atoms with van der Waals surface area (Å²) in [6.07, 6.45) is 2.58. The van der Waals surface area contributed by atoms with Gasteiger partial charge in [0, 0.05) is 16.8 Å². The van der Waals surface area contributed by atoms with Gasteiger partial charge in [-0.15, -0.1) is 0 Å². The molecule has 3 nitrogen and oxygen atoms in total. The molecule has 0 spiro atoms. The van der Waals surface area contributed by atoms with Crippen LogP contribution in [0.1, 0.15) is 52.4 Å². The molecule has 2 aliphatic heterocycles. The third-order valence-corrected chi connectivity index (χ3v) is 14.7. The van der Waals surface area contributed by atoms with Crippen molar-refractivity contribution < 1.29 is 0 Å². The van der Waals surface area contributed by atoms with Crippen molar-refractivity contribution in [3.63, 3.8) is 0 Å². The Morgan fingerprint density at radius 3 is 1.73 bits per heavy atom. The van der Waals surface area contributed by atoms with Gasteiger partial charge < -0.3 is 15.5 Å². The van der Waals surface area contributed by atoms with E-state index in [1.807, 2.05) is 0 Å². The number of anilines is 4. The van der Waals surface area contributed by atoms with E-state index in [0.717, 1.165) is 11.4 Å². The minimum absolute atomic E-state index is 0.0412. The van der Waals surface area contributed by atoms with Gasteiger partial charge in [0.2, 0.25) is 0 Å². The SMILES string of the molecule is CC12c3ccccc3C(c3ccccc3)=CC1N(c1cc(C3Nc4ccccc4NC3c3ccc(-c4ccccc4)cc3)c3ccccc3c1)c1cc(-c3ccccc3)c3ccccc3c12. The standard InChI is InChI=1S/C63H47N3/c1-63-55-30-16-15-28-50(55)53(44-23-9-4-10-24-44)40-59(63)66(58-39-52(43-21-7-3-8-22-43)49-27-13-14-29-51(49)60(58)63)47-37-46-25-11-12-26-48(46)54(38-47)62-61(64-56-31-17-18-32-57(56)65-62)45-35-33-42(34-36-45)41-19-5-2-6-20-41/h2-40,59,61-62,64-65H,1H3. The zero-order chi connectivity index (χ0) is 43.8. The molecule has 66 heavy (non-hydrogen) atoms. The van der Waals surface area contributed by atoms with Crippen molar-refractivity contribution in [2.75, 3.05) is 15.5 Å². The molecule has 1 aliphatic carbocycles. The van der Waals surface area contributed by atoms with Gasteiger partial charge in [-0.3, -0.25) is 0 Å². The molecule has 0 saturated carbocycles. The molecule has 0 bridgehead atoms. The number of nitrogens with one attached hydrogen (secondary N) is 2. The van der Waals surface area contributed by atoms with E-state index in [1.54, 1.807) is 0 Å². The Morgan fingerprint density at radius 1 is 0.439 bits per heavy atom. The first-order chi connectivity index (χ1) is 32.6. The van der Waals surface area contributed by atoms with E-state index >= 15 is 0 Å². The summed E-state index contributed by atoms with van der Waals surface area (Å²) in [4.78, 5) is 2.69. The monoisotopic (exact) mass is 845 g/mol. The Balaban J connectivity index is 1.07. The number of para-hydroxylation sites is 2. The molecule has 3 heteroatoms. The molecule has 4 unspecified atom stereocenters. The smallest absolute Gasteiger partial charge is 0.0764 e. The van der Waals surface area contributed by atoms with E-state index < -0.39 is 5.41 Å². The summed E-state index contributed by atoms with van der Waals surface area (Å²) in [5.41, 5.74) is 18.1. The maximum absolute atomic E-state index is 4.10. The highest BCUT2D eigenvalue weighted by atomic mass is 15.2. The molecular weight excluding hydrogens is 799 g/mol. The predicted octanol–water partition coefficient (Wildman–Crippen LogP) is 15.9. The van der Waals surface area contributed by atoms with Gasteiger partial charge in [-0.25, -0.2) is 0 Å². The third-order valence-electron chi connectivity index (χ3n) is 14.7. The summed E-state index contributed by atoms with van der Waals surface area (Å²) < 4.78 is 0. The van der Waals surface area contributed by atoms with Crippen molar-refractivity contribution in [2.24, 2.45) is 0 Å². The quantitative estimate of drug-likeness (QED) is 0.175. The minimum atomic E-state index is -0.391. The van der Waals surface area contributed by atoms with Crippen molar-refractivity contribution in [3.8, 4) is 22.3 Å². The summed E-state index contributed by atoms with van der Waals surface area (Å²) >= 11 is 0. The van der Waals surface area contributed by atoms with Gasteiger partial charge in [-0.2, -0.15) is 0 Å². The van der Waals surface area contributed by atoms with Gasteiger partial charge in [0.1, 0.15) is 0 Å². The second-order valence-electron chi connectivity index (χ2n) is 18.3. The van der Waals surface area contributed by atoms with Crippen LogP contribution < -0.4 is 15.5 Å². The highest BCUT2D eigenvalue weighted by Crippen LogP contribution is 2.60. The zero-order valence-corrected chi connectivity index (χ0v) is 36.7. The number of fused-ring (bicyclic) bond motifs is 9. The van der Waals surface area contributed by atoms with Crippen LogP contribution >= 0.6 is 0 Å². The van der Waals surface area contributed by atoms with Crippen molar-refractivity contribution in [1.29, 1.82) is 0 Å². The van der Waals surface area contributed by atoms with Crippen LogP contribution in [0.5, 0.6) is 0 Å². The van der Waals surface area contributed by atoms with Crippen molar-refractivity contribution in [1.82, 2.24) is 0 Å². The molecule has 314 valence electrons. The molecule has 0 radical (unpaired) electrons. The van der Waals surface area contributed by atoms with Gasteiger partial charge in [-0.05, 0) is 120 Å². The van der Waals surface area contributed by atoms with Gasteiger partial charge >= 0.3 is 0 Å². The summed E-state index contributed by atoms with van der Waals surface area (Å²) in [6.45, 7) is 2.50. The van der Waals surface area contributed by atoms with Crippen molar-refractivity contribution >= 4 is 49.9 Å². The van der Waals surface area contributed by atoms with E-state index in [9.17, 15) is 0 Å². The van der Waals surface area contributed by atoms with Crippen LogP contribution in [0, 0.1) is 0 Å². The Kier molecular flexibility index (Phi) is 8.86. The van der Waals surface area contributed by atoms with Gasteiger partial charge in [-0.1, -0.05) is 206 Å². The van der Waals surface area contributed by atoms with Crippen LogP contribution in [0.2, 0.25) is 0 Å². The fraction of sp³-hybridized carbons (Fsp3) is 0.0794. The molecule has 13 rings (SSSR count). The lowest BCUT2D eigenvalue weighted by Gasteiger charge is -2.41. The molecule has 2 heterocycles. The Bertz CT molecular complexity index is 3510. The lowest BCUT2D eigenvalue weighted by atomic mass is 9.65. The summed E-state index contributed by atoms with van der Waals surface area (Å²) in [5, 5.41) is 13.2. The van der Waals surface area contributed by atoms with E-state index in [2.05, 4.69) is 259 Å². The van der Waals surface area contributed by atoms with Crippen LogP contribution in [-0.4, -0.2) is 6.04 Å². The first-order valence-electron chi connectivity index (χ1n) is 23.2. The fourth-order valence-corrected chi connectivity index (χ4v) is 11.6. The topological polar surface area (TPSA) is 27.3 Å². The molecule has 0 amide bonds. The molecule has 3 aliphatic rings. The molecule has 4 atom stereocenters. The number of hydrogen-bond donors (Lipinski definition) is 2. The minimum Gasteiger partial charge on any atom is -0.374 e. The van der Waals surface area contributed by atoms with Gasteiger partial charge in [0.05, 0.1) is 29.5 Å². The lowest BCUT2D eigenvalue weighted by molar-refractivity contribution is 0.531. The van der Waals surface area contributed by atoms with Gasteiger partial charge in [0.25, 0.3) is 0 Å². The lowest BCUT2D eigenvalue weighted by Crippen LogP contribution is -2.43. The summed E-state index contributed by atoms with van der Waals surface area (Å²) in [7, 11) is 0.